The summed E-state index contributed by atoms with van der Waals surface area (Å²) >= 11 is 3.34. The summed E-state index contributed by atoms with van der Waals surface area (Å²) in [6, 6.07) is 15.4. The van der Waals surface area contributed by atoms with Crippen LogP contribution in [0.15, 0.2) is 54.6 Å². The topological polar surface area (TPSA) is 55.4 Å². The molecule has 0 aliphatic carbocycles. The first-order valence-corrected chi connectivity index (χ1v) is 8.98. The summed E-state index contributed by atoms with van der Waals surface area (Å²) < 4.78 is 17.9. The Morgan fingerprint density at radius 2 is 1.72 bits per heavy atom. The average molecular weight is 408 g/mol. The molecule has 132 valence electrons. The summed E-state index contributed by atoms with van der Waals surface area (Å²) in [7, 11) is 0. The van der Waals surface area contributed by atoms with Gasteiger partial charge in [0.05, 0.1) is 5.92 Å². The number of hydrogen-bond donors (Lipinski definition) is 1. The fourth-order valence-electron chi connectivity index (χ4n) is 2.22. The first-order chi connectivity index (χ1) is 12.1. The van der Waals surface area contributed by atoms with Gasteiger partial charge in [-0.3, -0.25) is 9.59 Å². The van der Waals surface area contributed by atoms with Crippen LogP contribution in [-0.2, 0) is 27.4 Å². The standard InChI is InChI=1S/C19H19BrFNO3/c20-11-16(10-14-4-2-1-3-5-14)19(24)22-12-18(23)25-13-15-6-8-17(21)9-7-15/h1-9,16H,10-13H2,(H,22,24). The van der Waals surface area contributed by atoms with Crippen LogP contribution in [0, 0.1) is 11.7 Å². The molecular formula is C19H19BrFNO3. The number of ether oxygens (including phenoxy) is 1. The van der Waals surface area contributed by atoms with E-state index < -0.39 is 5.97 Å². The van der Waals surface area contributed by atoms with Gasteiger partial charge in [-0.1, -0.05) is 58.4 Å². The van der Waals surface area contributed by atoms with E-state index in [1.807, 2.05) is 30.3 Å². The molecule has 1 atom stereocenters. The minimum absolute atomic E-state index is 0.0425. The summed E-state index contributed by atoms with van der Waals surface area (Å²) in [5.74, 6) is -1.36. The lowest BCUT2D eigenvalue weighted by Crippen LogP contribution is -2.36. The predicted molar refractivity (Wildman–Crippen MR) is 96.6 cm³/mol. The molecule has 0 aliphatic rings. The Morgan fingerprint density at radius 1 is 1.04 bits per heavy atom. The van der Waals surface area contributed by atoms with E-state index in [1.54, 1.807) is 12.1 Å². The van der Waals surface area contributed by atoms with E-state index in [4.69, 9.17) is 4.74 Å². The molecule has 0 spiro atoms. The van der Waals surface area contributed by atoms with Crippen LogP contribution in [0.4, 0.5) is 4.39 Å². The third-order valence-electron chi connectivity index (χ3n) is 3.60. The van der Waals surface area contributed by atoms with Crippen LogP contribution >= 0.6 is 15.9 Å². The molecule has 0 aromatic heterocycles. The number of esters is 1. The molecule has 2 rings (SSSR count). The first kappa shape index (κ1) is 19.1. The fourth-order valence-corrected chi connectivity index (χ4v) is 2.74. The van der Waals surface area contributed by atoms with Crippen molar-refractivity contribution in [3.8, 4) is 0 Å². The van der Waals surface area contributed by atoms with Gasteiger partial charge in [-0.15, -0.1) is 0 Å². The number of benzene rings is 2. The molecule has 0 aliphatic heterocycles. The Labute approximate surface area is 154 Å². The first-order valence-electron chi connectivity index (χ1n) is 7.86. The number of amides is 1. The average Bonchev–Trinajstić information content (AvgIpc) is 2.64. The number of hydrogen-bond acceptors (Lipinski definition) is 3. The highest BCUT2D eigenvalue weighted by atomic mass is 79.9. The summed E-state index contributed by atoms with van der Waals surface area (Å²) in [4.78, 5) is 23.9. The molecule has 2 aromatic carbocycles. The molecular weight excluding hydrogens is 389 g/mol. The van der Waals surface area contributed by atoms with Crippen molar-refractivity contribution in [1.82, 2.24) is 5.32 Å². The van der Waals surface area contributed by atoms with E-state index >= 15 is 0 Å². The number of rotatable bonds is 8. The maximum atomic E-state index is 12.8. The normalized spacial score (nSPS) is 11.6. The van der Waals surface area contributed by atoms with Crippen molar-refractivity contribution in [2.75, 3.05) is 11.9 Å². The van der Waals surface area contributed by atoms with Crippen LogP contribution in [0.25, 0.3) is 0 Å². The zero-order chi connectivity index (χ0) is 18.1. The molecule has 0 saturated heterocycles. The van der Waals surface area contributed by atoms with Crippen LogP contribution in [0.3, 0.4) is 0 Å². The summed E-state index contributed by atoms with van der Waals surface area (Å²) in [6.07, 6.45) is 0.586. The van der Waals surface area contributed by atoms with E-state index in [1.165, 1.54) is 12.1 Å². The molecule has 0 fully saturated rings. The molecule has 6 heteroatoms. The SMILES string of the molecule is O=C(CNC(=O)C(CBr)Cc1ccccc1)OCc1ccc(F)cc1. The number of nitrogens with one attached hydrogen (secondary N) is 1. The lowest BCUT2D eigenvalue weighted by molar-refractivity contribution is -0.145. The second kappa shape index (κ2) is 9.93. The van der Waals surface area contributed by atoms with Gasteiger partial charge in [0.1, 0.15) is 19.0 Å². The molecule has 0 bridgehead atoms. The Morgan fingerprint density at radius 3 is 2.36 bits per heavy atom. The van der Waals surface area contributed by atoms with Crippen LogP contribution < -0.4 is 5.32 Å². The second-order valence-electron chi connectivity index (χ2n) is 5.55. The monoisotopic (exact) mass is 407 g/mol. The molecule has 25 heavy (non-hydrogen) atoms. The number of alkyl halides is 1. The van der Waals surface area contributed by atoms with E-state index in [-0.39, 0.29) is 30.8 Å². The van der Waals surface area contributed by atoms with Gasteiger partial charge in [-0.2, -0.15) is 0 Å². The molecule has 1 amide bonds. The van der Waals surface area contributed by atoms with E-state index in [0.29, 0.717) is 17.3 Å². The molecule has 0 heterocycles. The van der Waals surface area contributed by atoms with Gasteiger partial charge in [-0.25, -0.2) is 4.39 Å². The predicted octanol–water partition coefficient (Wildman–Crippen LogP) is 3.24. The zero-order valence-corrected chi connectivity index (χ0v) is 15.2. The Kier molecular flexibility index (Phi) is 7.60. The summed E-state index contributed by atoms with van der Waals surface area (Å²) in [5, 5.41) is 3.09. The lowest BCUT2D eigenvalue weighted by Gasteiger charge is -2.14. The summed E-state index contributed by atoms with van der Waals surface area (Å²) in [6.45, 7) is -0.154. The van der Waals surface area contributed by atoms with E-state index in [9.17, 15) is 14.0 Å². The molecule has 2 aromatic rings. The minimum atomic E-state index is -0.536. The van der Waals surface area contributed by atoms with Crippen molar-refractivity contribution >= 4 is 27.8 Å². The van der Waals surface area contributed by atoms with Gasteiger partial charge in [0, 0.05) is 5.33 Å². The second-order valence-corrected chi connectivity index (χ2v) is 6.19. The molecule has 1 N–H and O–H groups in total. The molecule has 4 nitrogen and oxygen atoms in total. The lowest BCUT2D eigenvalue weighted by atomic mass is 10.0. The maximum absolute atomic E-state index is 12.8. The van der Waals surface area contributed by atoms with Crippen LogP contribution in [0.5, 0.6) is 0 Å². The zero-order valence-electron chi connectivity index (χ0n) is 13.6. The van der Waals surface area contributed by atoms with Crippen molar-refractivity contribution in [2.45, 2.75) is 13.0 Å². The van der Waals surface area contributed by atoms with Crippen LogP contribution in [0.1, 0.15) is 11.1 Å². The minimum Gasteiger partial charge on any atom is -0.460 e. The van der Waals surface area contributed by atoms with Crippen molar-refractivity contribution in [3.63, 3.8) is 0 Å². The number of carbonyl (C=O) groups is 2. The molecule has 0 saturated carbocycles. The highest BCUT2D eigenvalue weighted by Crippen LogP contribution is 2.11. The smallest absolute Gasteiger partial charge is 0.325 e. The van der Waals surface area contributed by atoms with Gasteiger partial charge in [-0.05, 0) is 29.7 Å². The van der Waals surface area contributed by atoms with Crippen LogP contribution in [0.2, 0.25) is 0 Å². The highest BCUT2D eigenvalue weighted by molar-refractivity contribution is 9.09. The number of carbonyl (C=O) groups excluding carboxylic acids is 2. The van der Waals surface area contributed by atoms with Crippen LogP contribution in [-0.4, -0.2) is 23.8 Å². The Balaban J connectivity index is 1.75. The van der Waals surface area contributed by atoms with Gasteiger partial charge < -0.3 is 10.1 Å². The number of halogens is 2. The van der Waals surface area contributed by atoms with Crippen molar-refractivity contribution < 1.29 is 18.7 Å². The molecule has 0 radical (unpaired) electrons. The van der Waals surface area contributed by atoms with Gasteiger partial charge in [0.15, 0.2) is 0 Å². The van der Waals surface area contributed by atoms with Crippen molar-refractivity contribution in [1.29, 1.82) is 0 Å². The van der Waals surface area contributed by atoms with Gasteiger partial charge >= 0.3 is 5.97 Å². The maximum Gasteiger partial charge on any atom is 0.325 e. The van der Waals surface area contributed by atoms with E-state index in [2.05, 4.69) is 21.2 Å². The van der Waals surface area contributed by atoms with Crippen molar-refractivity contribution in [2.24, 2.45) is 5.92 Å². The highest BCUT2D eigenvalue weighted by Gasteiger charge is 2.18. The molecule has 1 unspecified atom stereocenters. The van der Waals surface area contributed by atoms with Gasteiger partial charge in [0.2, 0.25) is 5.91 Å². The third kappa shape index (κ3) is 6.66. The quantitative estimate of drug-likeness (QED) is 0.539. The van der Waals surface area contributed by atoms with Crippen molar-refractivity contribution in [3.05, 3.63) is 71.5 Å². The van der Waals surface area contributed by atoms with Gasteiger partial charge in [0.25, 0.3) is 0 Å². The fraction of sp³-hybridized carbons (Fsp3) is 0.263. The summed E-state index contributed by atoms with van der Waals surface area (Å²) in [5.41, 5.74) is 1.74. The Bertz CT molecular complexity index is 692. The third-order valence-corrected chi connectivity index (χ3v) is 4.38. The Hall–Kier alpha value is -2.21. The van der Waals surface area contributed by atoms with E-state index in [0.717, 1.165) is 5.56 Å². The largest absolute Gasteiger partial charge is 0.460 e.